The third-order valence-electron chi connectivity index (χ3n) is 15.3. The normalized spacial score (nSPS) is 16.7. The Kier molecular flexibility index (Phi) is 27.6. The van der Waals surface area contributed by atoms with Crippen LogP contribution in [-0.4, -0.2) is 165 Å². The van der Waals surface area contributed by atoms with Gasteiger partial charge < -0.3 is 61.7 Å². The van der Waals surface area contributed by atoms with E-state index in [1.807, 2.05) is 60.5 Å². The molecule has 0 spiro atoms. The van der Waals surface area contributed by atoms with Crippen LogP contribution in [0.25, 0.3) is 0 Å². The minimum Gasteiger partial charge on any atom is -0.448 e. The standard InChI is InChI=1S/C60H104N12O11/c1-17-18-19-20-21-22-25-46(72(37-73)48-26-23-31-71(48)53(79)45-35-83-41(8)62-45)52(78)64-44(34-40(6)7)51(77)67-58(11,12)55(81)65-42(32-38(2)3)49(75)63-43(33-39(4)5)50(76)68-59(13,14)56(82)69-57(9,10)54(80)61-30-27-47(74)66-60(28-24-29-60)36-70(15)16/h35,37-40,42-44,46,48H,17-34,36H2,1-16H3,(H,61,80)(H,63,75)(H,64,78)(H,65,81)(H,66,74)(H,67,77)(H,68,76)(H,69,82)/t42-,43-,44-,46+,48+/m0/s1. The molecule has 1 aromatic rings. The van der Waals surface area contributed by atoms with E-state index in [1.54, 1.807) is 6.92 Å². The van der Waals surface area contributed by atoms with Crippen LogP contribution in [0.15, 0.2) is 10.7 Å². The molecule has 10 amide bonds. The number of carbonyl (C=O) groups excluding carboxylic acids is 10. The van der Waals surface area contributed by atoms with Gasteiger partial charge in [0.2, 0.25) is 53.7 Å². The predicted molar refractivity (Wildman–Crippen MR) is 317 cm³/mol. The van der Waals surface area contributed by atoms with Crippen LogP contribution in [0.4, 0.5) is 0 Å². The molecule has 2 fully saturated rings. The molecule has 3 rings (SSSR count). The van der Waals surface area contributed by atoms with Gasteiger partial charge in [0.05, 0.1) is 5.54 Å². The van der Waals surface area contributed by atoms with Crippen molar-refractivity contribution in [1.29, 1.82) is 0 Å². The highest BCUT2D eigenvalue weighted by Gasteiger charge is 2.44. The van der Waals surface area contributed by atoms with Crippen LogP contribution in [0.3, 0.4) is 0 Å². The molecule has 470 valence electrons. The molecule has 83 heavy (non-hydrogen) atoms. The lowest BCUT2D eigenvalue weighted by Gasteiger charge is -2.44. The van der Waals surface area contributed by atoms with Crippen LogP contribution in [0.2, 0.25) is 0 Å². The van der Waals surface area contributed by atoms with E-state index < -0.39 is 94.2 Å². The lowest BCUT2D eigenvalue weighted by molar-refractivity contribution is -0.140. The van der Waals surface area contributed by atoms with E-state index in [2.05, 4.69) is 54.4 Å². The molecule has 8 N–H and O–H groups in total. The molecule has 2 heterocycles. The maximum absolute atomic E-state index is 14.6. The molecule has 23 nitrogen and oxygen atoms in total. The number of likely N-dealkylation sites (N-methyl/N-ethyl adjacent to an activating group) is 1. The molecule has 1 aliphatic carbocycles. The molecule has 2 aliphatic rings. The van der Waals surface area contributed by atoms with Crippen LogP contribution in [0, 0.1) is 24.7 Å². The zero-order valence-electron chi connectivity index (χ0n) is 53.0. The van der Waals surface area contributed by atoms with Gasteiger partial charge in [-0.25, -0.2) is 4.98 Å². The number of aromatic nitrogens is 1. The van der Waals surface area contributed by atoms with Gasteiger partial charge in [0.15, 0.2) is 11.6 Å². The SMILES string of the molecule is CCCCCCCC[C@H](C(=O)N[C@@H](CC(C)C)C(=O)NC(C)(C)C(=O)N[C@@H](CC(C)C)C(=O)N[C@@H](CC(C)C)C(=O)NC(C)(C)C(=O)NC(C)(C)C(=O)NCCC(=O)NC1(CN(C)C)CCC1)N(C=O)[C@@H]1CCCN1C(=O)c1coc(C)n1. The Morgan fingerprint density at radius 2 is 1.22 bits per heavy atom. The van der Waals surface area contributed by atoms with E-state index in [-0.39, 0.29) is 73.5 Å². The number of oxazole rings is 1. The van der Waals surface area contributed by atoms with Crippen molar-refractivity contribution in [3.63, 3.8) is 0 Å². The Bertz CT molecular complexity index is 2360. The van der Waals surface area contributed by atoms with Gasteiger partial charge in [0, 0.05) is 33.0 Å². The lowest BCUT2D eigenvalue weighted by atomic mass is 9.76. The molecule has 0 bridgehead atoms. The predicted octanol–water partition coefficient (Wildman–Crippen LogP) is 4.51. The van der Waals surface area contributed by atoms with Gasteiger partial charge in [-0.1, -0.05) is 87.0 Å². The molecule has 1 aliphatic heterocycles. The molecule has 0 aromatic carbocycles. The first kappa shape index (κ1) is 71.1. The Hall–Kier alpha value is -6.13. The van der Waals surface area contributed by atoms with Gasteiger partial charge in [0.25, 0.3) is 5.91 Å². The van der Waals surface area contributed by atoms with Gasteiger partial charge in [-0.15, -0.1) is 0 Å². The smallest absolute Gasteiger partial charge is 0.277 e. The molecule has 1 saturated carbocycles. The molecule has 23 heteroatoms. The number of unbranched alkanes of at least 4 members (excludes halogenated alkanes) is 5. The summed E-state index contributed by atoms with van der Waals surface area (Å²) in [5.41, 5.74) is -4.87. The van der Waals surface area contributed by atoms with Crippen molar-refractivity contribution >= 4 is 59.6 Å². The topological polar surface area (TPSA) is 303 Å². The monoisotopic (exact) mass is 1170 g/mol. The first-order chi connectivity index (χ1) is 38.7. The number of hydrogen-bond acceptors (Lipinski definition) is 13. The lowest BCUT2D eigenvalue weighted by Crippen LogP contribution is -2.65. The Balaban J connectivity index is 1.75. The molecule has 0 unspecified atom stereocenters. The molecule has 0 radical (unpaired) electrons. The second kappa shape index (κ2) is 32.2. The Labute approximate surface area is 494 Å². The minimum absolute atomic E-state index is 0.0459. The highest BCUT2D eigenvalue weighted by atomic mass is 16.3. The molecule has 1 aromatic heterocycles. The van der Waals surface area contributed by atoms with Crippen LogP contribution in [0.1, 0.15) is 209 Å². The van der Waals surface area contributed by atoms with Crippen molar-refractivity contribution in [3.05, 3.63) is 17.8 Å². The number of rotatable bonds is 36. The van der Waals surface area contributed by atoms with Gasteiger partial charge in [-0.05, 0) is 131 Å². The second-order valence-corrected chi connectivity index (χ2v) is 26.3. The Morgan fingerprint density at radius 1 is 0.699 bits per heavy atom. The summed E-state index contributed by atoms with van der Waals surface area (Å²) in [7, 11) is 3.91. The first-order valence-corrected chi connectivity index (χ1v) is 30.3. The molecule has 1 saturated heterocycles. The van der Waals surface area contributed by atoms with E-state index in [0.29, 0.717) is 38.1 Å². The molecular formula is C60H104N12O11. The number of nitrogens with zero attached hydrogens (tertiary/aromatic N) is 4. The quantitative estimate of drug-likeness (QED) is 0.0340. The van der Waals surface area contributed by atoms with E-state index in [0.717, 1.165) is 57.9 Å². The number of hydrogen-bond donors (Lipinski definition) is 8. The summed E-state index contributed by atoms with van der Waals surface area (Å²) in [5.74, 6) is -5.20. The fraction of sp³-hybridized carbons (Fsp3) is 0.783. The second-order valence-electron chi connectivity index (χ2n) is 26.3. The van der Waals surface area contributed by atoms with Crippen molar-refractivity contribution in [2.45, 2.75) is 252 Å². The van der Waals surface area contributed by atoms with E-state index in [4.69, 9.17) is 4.42 Å². The maximum atomic E-state index is 14.6. The molecular weight excluding hydrogens is 1060 g/mol. The summed E-state index contributed by atoms with van der Waals surface area (Å²) in [4.78, 5) is 148. The number of nitrogens with one attached hydrogen (secondary N) is 8. The van der Waals surface area contributed by atoms with Crippen molar-refractivity contribution in [1.82, 2.24) is 62.2 Å². The maximum Gasteiger partial charge on any atom is 0.277 e. The number of carbonyl (C=O) groups is 10. The number of aryl methyl sites for hydroxylation is 1. The summed E-state index contributed by atoms with van der Waals surface area (Å²) >= 11 is 0. The Morgan fingerprint density at radius 3 is 1.71 bits per heavy atom. The van der Waals surface area contributed by atoms with Crippen LogP contribution < -0.4 is 42.5 Å². The van der Waals surface area contributed by atoms with Crippen LogP contribution >= 0.6 is 0 Å². The third kappa shape index (κ3) is 22.4. The summed E-state index contributed by atoms with van der Waals surface area (Å²) in [6, 6.07) is -4.55. The van der Waals surface area contributed by atoms with Crippen molar-refractivity contribution < 1.29 is 52.4 Å². The van der Waals surface area contributed by atoms with Gasteiger partial charge in [0.1, 0.15) is 53.2 Å². The van der Waals surface area contributed by atoms with Crippen LogP contribution in [-0.2, 0) is 43.2 Å². The average molecular weight is 1170 g/mol. The van der Waals surface area contributed by atoms with Gasteiger partial charge >= 0.3 is 0 Å². The number of likely N-dealkylation sites (tertiary alicyclic amines) is 1. The third-order valence-corrected chi connectivity index (χ3v) is 15.3. The summed E-state index contributed by atoms with van der Waals surface area (Å²) in [6.07, 6.45) is 11.2. The van der Waals surface area contributed by atoms with Crippen LogP contribution in [0.5, 0.6) is 0 Å². The summed E-state index contributed by atoms with van der Waals surface area (Å²) < 4.78 is 5.30. The highest BCUT2D eigenvalue weighted by molar-refractivity contribution is 6.00. The van der Waals surface area contributed by atoms with E-state index in [1.165, 1.54) is 57.6 Å². The van der Waals surface area contributed by atoms with Gasteiger partial charge in [-0.2, -0.15) is 0 Å². The molecule has 5 atom stereocenters. The average Bonchev–Trinajstić information content (AvgIpc) is 4.26. The first-order valence-electron chi connectivity index (χ1n) is 30.3. The highest BCUT2D eigenvalue weighted by Crippen LogP contribution is 2.32. The largest absolute Gasteiger partial charge is 0.448 e. The van der Waals surface area contributed by atoms with Crippen molar-refractivity contribution in [3.8, 4) is 0 Å². The summed E-state index contributed by atoms with van der Waals surface area (Å²) in [6.45, 7) is 25.0. The fourth-order valence-corrected chi connectivity index (χ4v) is 10.6. The van der Waals surface area contributed by atoms with E-state index >= 15 is 0 Å². The van der Waals surface area contributed by atoms with E-state index in [9.17, 15) is 47.9 Å². The zero-order chi connectivity index (χ0) is 62.6. The fourth-order valence-electron chi connectivity index (χ4n) is 10.6. The zero-order valence-corrected chi connectivity index (χ0v) is 53.0. The number of amides is 10. The van der Waals surface area contributed by atoms with Crippen molar-refractivity contribution in [2.24, 2.45) is 17.8 Å². The summed E-state index contributed by atoms with van der Waals surface area (Å²) in [5, 5.41) is 22.6. The van der Waals surface area contributed by atoms with Crippen molar-refractivity contribution in [2.75, 3.05) is 33.7 Å². The minimum atomic E-state index is -1.65. The van der Waals surface area contributed by atoms with Gasteiger partial charge in [-0.3, -0.25) is 47.9 Å².